The lowest BCUT2D eigenvalue weighted by Gasteiger charge is -2.16. The number of aromatic nitrogens is 1. The Bertz CT molecular complexity index is 454. The van der Waals surface area contributed by atoms with Crippen LogP contribution in [0, 0.1) is 0 Å². The van der Waals surface area contributed by atoms with Crippen molar-refractivity contribution < 1.29 is 18.0 Å². The number of carbonyl (C=O) groups excluding carboxylic acids is 1. The lowest BCUT2D eigenvalue weighted by molar-refractivity contribution is -0.138. The molecule has 0 aliphatic carbocycles. The first-order chi connectivity index (χ1) is 9.25. The number of halogens is 3. The maximum Gasteiger partial charge on any atom is 0.391 e. The van der Waals surface area contributed by atoms with Gasteiger partial charge in [0.05, 0.1) is 6.42 Å². The molecular weight excluding hydrogens is 273 g/mol. The average molecular weight is 290 g/mol. The fourth-order valence-electron chi connectivity index (χ4n) is 1.68. The van der Waals surface area contributed by atoms with E-state index in [1.807, 2.05) is 6.92 Å². The summed E-state index contributed by atoms with van der Waals surface area (Å²) in [6, 6.07) is 1.90. The molecule has 0 bridgehead atoms. The van der Waals surface area contributed by atoms with Crippen LogP contribution in [0.15, 0.2) is 12.1 Å². The molecule has 1 rings (SSSR count). The van der Waals surface area contributed by atoms with Gasteiger partial charge in [0.15, 0.2) is 0 Å². The molecule has 0 aliphatic heterocycles. The van der Waals surface area contributed by atoms with Gasteiger partial charge in [-0.15, -0.1) is 0 Å². The van der Waals surface area contributed by atoms with E-state index in [1.54, 1.807) is 0 Å². The number of carbonyl (C=O) groups is 1. The Balaban J connectivity index is 2.81. The zero-order valence-electron chi connectivity index (χ0n) is 11.2. The van der Waals surface area contributed by atoms with Crippen LogP contribution in [0.2, 0.25) is 0 Å². The Labute approximate surface area is 114 Å². The van der Waals surface area contributed by atoms with Gasteiger partial charge in [-0.25, -0.2) is 10.8 Å². The number of nitrogens with zero attached hydrogens (tertiary/aromatic N) is 1. The molecule has 1 aromatic heterocycles. The first kappa shape index (κ1) is 16.2. The van der Waals surface area contributed by atoms with Crippen molar-refractivity contribution in [1.29, 1.82) is 0 Å². The largest absolute Gasteiger partial charge is 0.391 e. The number of nitrogens with two attached hydrogens (primary N) is 1. The molecule has 1 amide bonds. The normalized spacial score (nSPS) is 12.9. The number of alkyl halides is 3. The van der Waals surface area contributed by atoms with E-state index in [9.17, 15) is 18.0 Å². The van der Waals surface area contributed by atoms with Crippen molar-refractivity contribution in [2.24, 2.45) is 5.84 Å². The third kappa shape index (κ3) is 5.04. The Kier molecular flexibility index (Phi) is 5.32. The minimum Gasteiger partial charge on any atom is -0.349 e. The van der Waals surface area contributed by atoms with Crippen LogP contribution in [-0.4, -0.2) is 23.1 Å². The van der Waals surface area contributed by atoms with Gasteiger partial charge < -0.3 is 10.7 Å². The highest BCUT2D eigenvalue weighted by Gasteiger charge is 2.30. The number of hydrogen-bond donors (Lipinski definition) is 3. The Morgan fingerprint density at radius 1 is 1.45 bits per heavy atom. The summed E-state index contributed by atoms with van der Waals surface area (Å²) < 4.78 is 36.6. The van der Waals surface area contributed by atoms with Crippen LogP contribution < -0.4 is 16.6 Å². The molecule has 1 atom stereocenters. The quantitative estimate of drug-likeness (QED) is 0.572. The molecule has 0 saturated carbocycles. The minimum absolute atomic E-state index is 0.221. The van der Waals surface area contributed by atoms with Crippen LogP contribution in [0.25, 0.3) is 0 Å². The molecule has 20 heavy (non-hydrogen) atoms. The second kappa shape index (κ2) is 6.56. The number of pyridine rings is 1. The summed E-state index contributed by atoms with van der Waals surface area (Å²) >= 11 is 0. The maximum atomic E-state index is 12.2. The molecule has 0 fully saturated rings. The molecule has 1 unspecified atom stereocenters. The fourth-order valence-corrected chi connectivity index (χ4v) is 1.68. The lowest BCUT2D eigenvalue weighted by Crippen LogP contribution is -2.36. The smallest absolute Gasteiger partial charge is 0.349 e. The van der Waals surface area contributed by atoms with Gasteiger partial charge in [0.2, 0.25) is 0 Å². The first-order valence-electron chi connectivity index (χ1n) is 6.10. The van der Waals surface area contributed by atoms with Crippen molar-refractivity contribution in [3.8, 4) is 0 Å². The number of aryl methyl sites for hydroxylation is 1. The van der Waals surface area contributed by atoms with Crippen molar-refractivity contribution in [2.75, 3.05) is 5.43 Å². The zero-order chi connectivity index (χ0) is 15.3. The fraction of sp³-hybridized carbons (Fsp3) is 0.500. The van der Waals surface area contributed by atoms with E-state index in [0.717, 1.165) is 0 Å². The van der Waals surface area contributed by atoms with Crippen LogP contribution in [-0.2, 0) is 6.42 Å². The van der Waals surface area contributed by atoms with Gasteiger partial charge in [-0.05, 0) is 25.5 Å². The van der Waals surface area contributed by atoms with Gasteiger partial charge >= 0.3 is 6.18 Å². The Morgan fingerprint density at radius 3 is 2.60 bits per heavy atom. The monoisotopic (exact) mass is 290 g/mol. The van der Waals surface area contributed by atoms with E-state index in [0.29, 0.717) is 12.1 Å². The highest BCUT2D eigenvalue weighted by molar-refractivity contribution is 5.95. The highest BCUT2D eigenvalue weighted by Crippen LogP contribution is 2.21. The Hall–Kier alpha value is -1.83. The van der Waals surface area contributed by atoms with Crippen LogP contribution in [0.3, 0.4) is 0 Å². The molecule has 0 aliphatic rings. The molecule has 0 saturated heterocycles. The summed E-state index contributed by atoms with van der Waals surface area (Å²) in [5, 5.41) is 2.30. The van der Waals surface area contributed by atoms with Gasteiger partial charge in [0, 0.05) is 17.3 Å². The number of rotatable bonds is 5. The summed E-state index contributed by atoms with van der Waals surface area (Å²) in [4.78, 5) is 16.0. The zero-order valence-corrected chi connectivity index (χ0v) is 11.2. The second-order valence-electron chi connectivity index (χ2n) is 4.42. The Morgan fingerprint density at radius 2 is 2.10 bits per heavy atom. The molecule has 8 heteroatoms. The van der Waals surface area contributed by atoms with E-state index in [4.69, 9.17) is 5.84 Å². The number of nitrogens with one attached hydrogen (secondary N) is 2. The summed E-state index contributed by atoms with van der Waals surface area (Å²) in [7, 11) is 0. The number of amides is 1. The van der Waals surface area contributed by atoms with Crippen molar-refractivity contribution in [2.45, 2.75) is 38.9 Å². The summed E-state index contributed by atoms with van der Waals surface area (Å²) in [6.07, 6.45) is -4.82. The van der Waals surface area contributed by atoms with Crippen LogP contribution in [0.1, 0.15) is 36.3 Å². The maximum absolute atomic E-state index is 12.2. The summed E-state index contributed by atoms with van der Waals surface area (Å²) in [5.41, 5.74) is 3.16. The van der Waals surface area contributed by atoms with Crippen molar-refractivity contribution >= 4 is 11.7 Å². The molecule has 112 valence electrons. The number of hydrogen-bond acceptors (Lipinski definition) is 4. The van der Waals surface area contributed by atoms with Crippen LogP contribution in [0.5, 0.6) is 0 Å². The summed E-state index contributed by atoms with van der Waals surface area (Å²) in [5.74, 6) is 4.94. The molecule has 0 aromatic carbocycles. The third-order valence-corrected chi connectivity index (χ3v) is 2.57. The predicted octanol–water partition coefficient (Wildman–Crippen LogP) is 2.00. The van der Waals surface area contributed by atoms with Crippen molar-refractivity contribution in [1.82, 2.24) is 10.3 Å². The van der Waals surface area contributed by atoms with Gasteiger partial charge in [-0.1, -0.05) is 6.92 Å². The molecule has 0 spiro atoms. The molecule has 1 heterocycles. The third-order valence-electron chi connectivity index (χ3n) is 2.57. The van der Waals surface area contributed by atoms with Gasteiger partial charge in [0.25, 0.3) is 5.91 Å². The predicted molar refractivity (Wildman–Crippen MR) is 69.0 cm³/mol. The standard InChI is InChI=1S/C12H17F3N4O/c1-3-9-4-8(5-10(18-9)19-16)11(20)17-7(2)6-12(13,14)15/h4-5,7H,3,6,16H2,1-2H3,(H,17,20)(H,18,19). The number of hydrazine groups is 1. The van der Waals surface area contributed by atoms with E-state index in [1.165, 1.54) is 19.1 Å². The molecule has 4 N–H and O–H groups in total. The number of nitrogen functional groups attached to an aromatic ring is 1. The van der Waals surface area contributed by atoms with E-state index >= 15 is 0 Å². The SMILES string of the molecule is CCc1cc(C(=O)NC(C)CC(F)(F)F)cc(NN)n1. The van der Waals surface area contributed by atoms with Gasteiger partial charge in [-0.2, -0.15) is 13.2 Å². The lowest BCUT2D eigenvalue weighted by atomic mass is 10.1. The van der Waals surface area contributed by atoms with Crippen molar-refractivity contribution in [3.05, 3.63) is 23.4 Å². The van der Waals surface area contributed by atoms with Gasteiger partial charge in [-0.3, -0.25) is 4.79 Å². The van der Waals surface area contributed by atoms with Crippen LogP contribution >= 0.6 is 0 Å². The van der Waals surface area contributed by atoms with Gasteiger partial charge in [0.1, 0.15) is 5.82 Å². The first-order valence-corrected chi connectivity index (χ1v) is 6.10. The van der Waals surface area contributed by atoms with E-state index < -0.39 is 24.5 Å². The van der Waals surface area contributed by atoms with Crippen LogP contribution in [0.4, 0.5) is 19.0 Å². The topological polar surface area (TPSA) is 80.0 Å². The molecular formula is C12H17F3N4O. The second-order valence-corrected chi connectivity index (χ2v) is 4.42. The summed E-state index contributed by atoms with van der Waals surface area (Å²) in [6.45, 7) is 3.14. The molecule has 1 aromatic rings. The van der Waals surface area contributed by atoms with E-state index in [-0.39, 0.29) is 11.4 Å². The average Bonchev–Trinajstić information content (AvgIpc) is 2.35. The molecule has 5 nitrogen and oxygen atoms in total. The minimum atomic E-state index is -4.32. The number of anilines is 1. The van der Waals surface area contributed by atoms with E-state index in [2.05, 4.69) is 15.7 Å². The molecule has 0 radical (unpaired) electrons. The highest BCUT2D eigenvalue weighted by atomic mass is 19.4. The van der Waals surface area contributed by atoms with Crippen molar-refractivity contribution in [3.63, 3.8) is 0 Å².